The van der Waals surface area contributed by atoms with Gasteiger partial charge in [-0.2, -0.15) is 0 Å². The highest BCUT2D eigenvalue weighted by Crippen LogP contribution is 2.33. The van der Waals surface area contributed by atoms with E-state index in [1.165, 1.54) is 5.56 Å². The minimum absolute atomic E-state index is 0.0499. The first-order chi connectivity index (χ1) is 12.3. The van der Waals surface area contributed by atoms with Crippen LogP contribution < -0.4 is 0 Å². The first-order valence-corrected chi connectivity index (χ1v) is 8.52. The molecule has 0 saturated carbocycles. The monoisotopic (exact) mass is 335 g/mol. The third-order valence-electron chi connectivity index (χ3n) is 5.00. The van der Waals surface area contributed by atoms with E-state index in [1.807, 2.05) is 47.4 Å². The van der Waals surface area contributed by atoms with Crippen molar-refractivity contribution in [1.29, 1.82) is 0 Å². The molecule has 0 aliphatic carbocycles. The summed E-state index contributed by atoms with van der Waals surface area (Å²) in [6, 6.07) is 14.0. The van der Waals surface area contributed by atoms with E-state index in [2.05, 4.69) is 9.97 Å². The number of rotatable bonds is 4. The van der Waals surface area contributed by atoms with Gasteiger partial charge in [-0.05, 0) is 29.8 Å². The third kappa shape index (κ3) is 3.03. The lowest BCUT2D eigenvalue weighted by Crippen LogP contribution is -2.29. The summed E-state index contributed by atoms with van der Waals surface area (Å²) in [6.45, 7) is 2.05. The second-order valence-electron chi connectivity index (χ2n) is 6.58. The number of nitrogens with one attached hydrogen (secondary N) is 1. The van der Waals surface area contributed by atoms with Gasteiger partial charge in [0.25, 0.3) is 5.91 Å². The van der Waals surface area contributed by atoms with E-state index < -0.39 is 0 Å². The average Bonchev–Trinajstić information content (AvgIpc) is 3.26. The number of aromatic amines is 1. The van der Waals surface area contributed by atoms with Crippen molar-refractivity contribution in [2.24, 2.45) is 5.92 Å². The van der Waals surface area contributed by atoms with Crippen LogP contribution in [0.1, 0.15) is 22.0 Å². The van der Waals surface area contributed by atoms with Gasteiger partial charge in [0.1, 0.15) is 5.69 Å². The van der Waals surface area contributed by atoms with E-state index in [0.717, 1.165) is 10.9 Å². The number of benzene rings is 1. The molecule has 2 atom stereocenters. The lowest BCUT2D eigenvalue weighted by Gasteiger charge is -2.17. The van der Waals surface area contributed by atoms with Crippen LogP contribution in [-0.2, 0) is 4.74 Å². The molecule has 0 bridgehead atoms. The lowest BCUT2D eigenvalue weighted by atomic mass is 9.90. The Morgan fingerprint density at radius 1 is 1.24 bits per heavy atom. The van der Waals surface area contributed by atoms with Crippen LogP contribution in [0.2, 0.25) is 0 Å². The molecule has 1 aliphatic heterocycles. The standard InChI is InChI=1S/C20H21N3O2/c1-25-13-16-11-23(12-17(16)14-6-8-21-9-7-14)20(24)19-10-15-4-2-3-5-18(15)22-19/h2-10,16-17,22H,11-13H2,1H3/t16-,17-/m0/s1. The Hall–Kier alpha value is -2.66. The molecule has 1 aromatic carbocycles. The van der Waals surface area contributed by atoms with Crippen molar-refractivity contribution in [1.82, 2.24) is 14.9 Å². The Labute approximate surface area is 146 Å². The molecule has 25 heavy (non-hydrogen) atoms. The van der Waals surface area contributed by atoms with Gasteiger partial charge in [-0.15, -0.1) is 0 Å². The van der Waals surface area contributed by atoms with E-state index in [9.17, 15) is 4.79 Å². The Kier molecular flexibility index (Phi) is 4.24. The van der Waals surface area contributed by atoms with E-state index >= 15 is 0 Å². The van der Waals surface area contributed by atoms with Crippen LogP contribution in [0, 0.1) is 5.92 Å². The molecule has 3 aromatic rings. The van der Waals surface area contributed by atoms with Crippen molar-refractivity contribution in [3.8, 4) is 0 Å². The molecule has 0 unspecified atom stereocenters. The van der Waals surface area contributed by atoms with Gasteiger partial charge in [-0.1, -0.05) is 18.2 Å². The number of nitrogens with zero attached hydrogens (tertiary/aromatic N) is 2. The van der Waals surface area contributed by atoms with Gasteiger partial charge in [0, 0.05) is 55.3 Å². The van der Waals surface area contributed by atoms with Crippen molar-refractivity contribution >= 4 is 16.8 Å². The van der Waals surface area contributed by atoms with E-state index in [1.54, 1.807) is 19.5 Å². The summed E-state index contributed by atoms with van der Waals surface area (Å²) in [5.74, 6) is 0.617. The number of carbonyl (C=O) groups excluding carboxylic acids is 1. The van der Waals surface area contributed by atoms with Crippen molar-refractivity contribution in [2.75, 3.05) is 26.8 Å². The minimum Gasteiger partial charge on any atom is -0.384 e. The summed E-state index contributed by atoms with van der Waals surface area (Å²) >= 11 is 0. The number of hydrogen-bond donors (Lipinski definition) is 1. The molecule has 0 radical (unpaired) electrons. The molecule has 3 heterocycles. The predicted molar refractivity (Wildman–Crippen MR) is 96.5 cm³/mol. The zero-order valence-electron chi connectivity index (χ0n) is 14.2. The van der Waals surface area contributed by atoms with Crippen LogP contribution in [0.5, 0.6) is 0 Å². The number of hydrogen-bond acceptors (Lipinski definition) is 3. The van der Waals surface area contributed by atoms with Gasteiger partial charge >= 0.3 is 0 Å². The smallest absolute Gasteiger partial charge is 0.270 e. The van der Waals surface area contributed by atoms with Gasteiger partial charge in [-0.3, -0.25) is 9.78 Å². The fourth-order valence-corrected chi connectivity index (χ4v) is 3.77. The van der Waals surface area contributed by atoms with E-state index in [0.29, 0.717) is 31.3 Å². The molecule has 1 fully saturated rings. The summed E-state index contributed by atoms with van der Waals surface area (Å²) in [4.78, 5) is 22.3. The topological polar surface area (TPSA) is 58.2 Å². The van der Waals surface area contributed by atoms with Gasteiger partial charge in [0.15, 0.2) is 0 Å². The Morgan fingerprint density at radius 3 is 2.80 bits per heavy atom. The lowest BCUT2D eigenvalue weighted by molar-refractivity contribution is 0.0770. The third-order valence-corrected chi connectivity index (χ3v) is 5.00. The van der Waals surface area contributed by atoms with Crippen LogP contribution in [0.4, 0.5) is 0 Å². The van der Waals surface area contributed by atoms with Crippen molar-refractivity contribution in [3.63, 3.8) is 0 Å². The molecule has 5 nitrogen and oxygen atoms in total. The molecular formula is C20H21N3O2. The van der Waals surface area contributed by atoms with Crippen LogP contribution in [0.25, 0.3) is 10.9 Å². The molecule has 4 rings (SSSR count). The number of fused-ring (bicyclic) bond motifs is 1. The molecule has 128 valence electrons. The largest absolute Gasteiger partial charge is 0.384 e. The molecule has 5 heteroatoms. The highest BCUT2D eigenvalue weighted by molar-refractivity contribution is 5.98. The average molecular weight is 335 g/mol. The predicted octanol–water partition coefficient (Wildman–Crippen LogP) is 3.07. The van der Waals surface area contributed by atoms with Gasteiger partial charge in [-0.25, -0.2) is 0 Å². The molecule has 1 saturated heterocycles. The van der Waals surface area contributed by atoms with Crippen molar-refractivity contribution in [2.45, 2.75) is 5.92 Å². The Balaban J connectivity index is 1.59. The zero-order chi connectivity index (χ0) is 17.2. The maximum atomic E-state index is 13.0. The number of carbonyl (C=O) groups is 1. The number of H-pyrrole nitrogens is 1. The van der Waals surface area contributed by atoms with Crippen LogP contribution in [0.15, 0.2) is 54.9 Å². The quantitative estimate of drug-likeness (QED) is 0.797. The number of pyridine rings is 1. The number of para-hydroxylation sites is 1. The molecule has 1 amide bonds. The fourth-order valence-electron chi connectivity index (χ4n) is 3.77. The van der Waals surface area contributed by atoms with Gasteiger partial charge < -0.3 is 14.6 Å². The van der Waals surface area contributed by atoms with Crippen LogP contribution >= 0.6 is 0 Å². The van der Waals surface area contributed by atoms with E-state index in [-0.39, 0.29) is 11.8 Å². The first kappa shape index (κ1) is 15.8. The summed E-state index contributed by atoms with van der Waals surface area (Å²) in [5.41, 5.74) is 2.85. The maximum absolute atomic E-state index is 13.0. The number of amides is 1. The fraction of sp³-hybridized carbons (Fsp3) is 0.300. The van der Waals surface area contributed by atoms with E-state index in [4.69, 9.17) is 4.74 Å². The minimum atomic E-state index is 0.0499. The van der Waals surface area contributed by atoms with Gasteiger partial charge in [0.05, 0.1) is 6.61 Å². The number of likely N-dealkylation sites (tertiary alicyclic amines) is 1. The number of ether oxygens (including phenoxy) is 1. The van der Waals surface area contributed by atoms with Crippen LogP contribution in [-0.4, -0.2) is 47.6 Å². The molecule has 1 N–H and O–H groups in total. The highest BCUT2D eigenvalue weighted by Gasteiger charge is 2.36. The van der Waals surface area contributed by atoms with Crippen molar-refractivity contribution < 1.29 is 9.53 Å². The maximum Gasteiger partial charge on any atom is 0.270 e. The van der Waals surface area contributed by atoms with Crippen molar-refractivity contribution in [3.05, 3.63) is 66.1 Å². The summed E-state index contributed by atoms with van der Waals surface area (Å²) < 4.78 is 5.40. The second-order valence-corrected chi connectivity index (χ2v) is 6.58. The Morgan fingerprint density at radius 2 is 2.04 bits per heavy atom. The van der Waals surface area contributed by atoms with Gasteiger partial charge in [0.2, 0.25) is 0 Å². The summed E-state index contributed by atoms with van der Waals surface area (Å²) in [6.07, 6.45) is 3.61. The summed E-state index contributed by atoms with van der Waals surface area (Å²) in [7, 11) is 1.71. The highest BCUT2D eigenvalue weighted by atomic mass is 16.5. The second kappa shape index (κ2) is 6.69. The number of aromatic nitrogens is 2. The normalized spacial score (nSPS) is 20.3. The molecule has 1 aliphatic rings. The zero-order valence-corrected chi connectivity index (χ0v) is 14.2. The number of methoxy groups -OCH3 is 1. The summed E-state index contributed by atoms with van der Waals surface area (Å²) in [5, 5.41) is 1.06. The molecule has 0 spiro atoms. The van der Waals surface area contributed by atoms with Crippen LogP contribution in [0.3, 0.4) is 0 Å². The SMILES string of the molecule is COC[C@@H]1CN(C(=O)c2cc3ccccc3[nH]2)C[C@H]1c1ccncc1. The Bertz CT molecular complexity index is 842. The first-order valence-electron chi connectivity index (χ1n) is 8.52. The molecular weight excluding hydrogens is 314 g/mol. The molecule has 2 aromatic heterocycles.